The molecule has 1 aliphatic rings. The normalized spacial score (nSPS) is 15.5. The predicted octanol–water partition coefficient (Wildman–Crippen LogP) is 12.1. The van der Waals surface area contributed by atoms with Gasteiger partial charge in [-0.2, -0.15) is 0 Å². The van der Waals surface area contributed by atoms with Gasteiger partial charge in [0.2, 0.25) is 0 Å². The zero-order valence-electron chi connectivity index (χ0n) is 30.0. The molecule has 0 aromatic heterocycles. The van der Waals surface area contributed by atoms with E-state index in [1.54, 1.807) is 12.1 Å². The van der Waals surface area contributed by atoms with Gasteiger partial charge < -0.3 is 18.7 Å². The van der Waals surface area contributed by atoms with Crippen molar-refractivity contribution in [1.82, 2.24) is 4.90 Å². The Morgan fingerprint density at radius 1 is 0.648 bits per heavy atom. The topological polar surface area (TPSA) is 68.2 Å². The van der Waals surface area contributed by atoms with Crippen molar-refractivity contribution < 1.29 is 23.2 Å². The van der Waals surface area contributed by atoms with Crippen LogP contribution in [0.15, 0.2) is 146 Å². The molecule has 1 N–H and O–H groups in total. The molecule has 0 radical (unpaired) electrons. The molecule has 0 spiro atoms. The maximum absolute atomic E-state index is 13.1. The molecule has 0 saturated heterocycles. The summed E-state index contributed by atoms with van der Waals surface area (Å²) >= 11 is 7.40. The Morgan fingerprint density at radius 2 is 1.24 bits per heavy atom. The van der Waals surface area contributed by atoms with Crippen LogP contribution in [0, 0.1) is 0 Å². The summed E-state index contributed by atoms with van der Waals surface area (Å²) in [7, 11) is -4.44. The molecule has 1 aliphatic heterocycles. The second-order valence-electron chi connectivity index (χ2n) is 13.2. The van der Waals surface area contributed by atoms with E-state index in [1.165, 1.54) is 0 Å². The van der Waals surface area contributed by atoms with Gasteiger partial charge in [-0.05, 0) is 98.8 Å². The number of hydrogen-bond acceptors (Lipinski definition) is 5. The molecular formula is C46H39ClNO5P. The first-order valence-electron chi connectivity index (χ1n) is 18.1. The third-order valence-corrected chi connectivity index (χ3v) is 11.3. The Hall–Kier alpha value is -5.36. The molecule has 8 rings (SSSR count). The molecule has 54 heavy (non-hydrogen) atoms. The molecule has 270 valence electrons. The molecule has 8 heteroatoms. The Balaban J connectivity index is 1.21. The number of fused-ring (bicyclic) bond motifs is 7. The highest BCUT2D eigenvalue weighted by atomic mass is 35.5. The third kappa shape index (κ3) is 7.14. The van der Waals surface area contributed by atoms with Crippen LogP contribution in [-0.4, -0.2) is 36.0 Å². The molecule has 1 heterocycles. The van der Waals surface area contributed by atoms with Gasteiger partial charge in [0, 0.05) is 23.2 Å². The van der Waals surface area contributed by atoms with Gasteiger partial charge >= 0.3 is 7.82 Å². The lowest BCUT2D eigenvalue weighted by molar-refractivity contribution is 0.223. The minimum absolute atomic E-state index is 0.285. The van der Waals surface area contributed by atoms with Gasteiger partial charge in [0.1, 0.15) is 23.9 Å². The lowest BCUT2D eigenvalue weighted by Gasteiger charge is -2.18. The second-order valence-corrected chi connectivity index (χ2v) is 14.9. The van der Waals surface area contributed by atoms with Gasteiger partial charge in [-0.15, -0.1) is 0 Å². The van der Waals surface area contributed by atoms with E-state index in [1.807, 2.05) is 78.9 Å². The van der Waals surface area contributed by atoms with Crippen molar-refractivity contribution in [3.05, 3.63) is 162 Å². The lowest BCUT2D eigenvalue weighted by atomic mass is 9.90. The highest BCUT2D eigenvalue weighted by Crippen LogP contribution is 2.57. The number of phosphoric ester groups is 1. The van der Waals surface area contributed by atoms with Crippen LogP contribution in [0.25, 0.3) is 54.4 Å². The molecule has 1 unspecified atom stereocenters. The lowest BCUT2D eigenvalue weighted by Crippen LogP contribution is -2.27. The average molecular weight is 752 g/mol. The molecule has 0 bridgehead atoms. The van der Waals surface area contributed by atoms with E-state index in [0.29, 0.717) is 28.5 Å². The second kappa shape index (κ2) is 15.2. The van der Waals surface area contributed by atoms with Crippen LogP contribution in [0.5, 0.6) is 17.2 Å². The van der Waals surface area contributed by atoms with Gasteiger partial charge in [0.25, 0.3) is 0 Å². The average Bonchev–Trinajstić information content (AvgIpc) is 3.33. The fourth-order valence-electron chi connectivity index (χ4n) is 7.22. The Bertz CT molecular complexity index is 2570. The number of hydrogen-bond donors (Lipinski definition) is 1. The van der Waals surface area contributed by atoms with E-state index >= 15 is 0 Å². The summed E-state index contributed by atoms with van der Waals surface area (Å²) in [5.41, 5.74) is 7.11. The van der Waals surface area contributed by atoms with Crippen LogP contribution < -0.4 is 13.8 Å². The fraction of sp³-hybridized carbons (Fsp3) is 0.130. The van der Waals surface area contributed by atoms with E-state index < -0.39 is 7.82 Å². The van der Waals surface area contributed by atoms with E-state index in [0.717, 1.165) is 80.3 Å². The highest BCUT2D eigenvalue weighted by molar-refractivity contribution is 7.48. The number of rotatable bonds is 10. The maximum Gasteiger partial charge on any atom is 0.584 e. The summed E-state index contributed by atoms with van der Waals surface area (Å²) in [5, 5.41) is 4.32. The summed E-state index contributed by atoms with van der Waals surface area (Å²) < 4.78 is 30.5. The van der Waals surface area contributed by atoms with Gasteiger partial charge in [0.05, 0.1) is 5.03 Å². The summed E-state index contributed by atoms with van der Waals surface area (Å²) in [5.74, 6) is 1.40. The van der Waals surface area contributed by atoms with Crippen molar-refractivity contribution in [1.29, 1.82) is 0 Å². The van der Waals surface area contributed by atoms with Gasteiger partial charge in [-0.25, -0.2) is 4.57 Å². The van der Waals surface area contributed by atoms with Gasteiger partial charge in [-0.3, -0.25) is 4.89 Å². The minimum Gasteiger partial charge on any atom is -0.492 e. The van der Waals surface area contributed by atoms with Crippen molar-refractivity contribution in [2.24, 2.45) is 0 Å². The molecule has 0 saturated carbocycles. The third-order valence-electron chi connectivity index (χ3n) is 10.00. The van der Waals surface area contributed by atoms with Crippen LogP contribution in [-0.2, 0) is 4.57 Å². The first-order valence-corrected chi connectivity index (χ1v) is 20.0. The van der Waals surface area contributed by atoms with Crippen LogP contribution in [0.1, 0.15) is 30.5 Å². The van der Waals surface area contributed by atoms with E-state index in [-0.39, 0.29) is 5.75 Å². The van der Waals surface area contributed by atoms with Crippen LogP contribution in [0.3, 0.4) is 0 Å². The Morgan fingerprint density at radius 3 is 1.96 bits per heavy atom. The summed E-state index contributed by atoms with van der Waals surface area (Å²) in [6, 6.07) is 48.0. The van der Waals surface area contributed by atoms with Crippen molar-refractivity contribution in [2.45, 2.75) is 13.8 Å². The molecule has 1 atom stereocenters. The number of benzene rings is 7. The number of halogens is 1. The van der Waals surface area contributed by atoms with Crippen molar-refractivity contribution >= 4 is 51.6 Å². The molecule has 0 aliphatic carbocycles. The summed E-state index contributed by atoms with van der Waals surface area (Å²) in [6.45, 7) is 7.82. The van der Waals surface area contributed by atoms with Crippen molar-refractivity contribution in [2.75, 3.05) is 26.2 Å². The summed E-state index contributed by atoms with van der Waals surface area (Å²) in [4.78, 5) is 13.0. The molecule has 0 amide bonds. The highest BCUT2D eigenvalue weighted by Gasteiger charge is 2.34. The number of phosphoric acid groups is 1. The number of likely N-dealkylation sites (N-methyl/N-ethyl adjacent to an activating group) is 1. The first-order chi connectivity index (χ1) is 26.3. The number of ether oxygens (including phenoxy) is 1. The van der Waals surface area contributed by atoms with Gasteiger partial charge in [0.15, 0.2) is 0 Å². The predicted molar refractivity (Wildman–Crippen MR) is 221 cm³/mol. The Kier molecular flexibility index (Phi) is 10.0. The zero-order chi connectivity index (χ0) is 37.2. The smallest absolute Gasteiger partial charge is 0.492 e. The Labute approximate surface area is 320 Å². The van der Waals surface area contributed by atoms with E-state index in [2.05, 4.69) is 73.3 Å². The van der Waals surface area contributed by atoms with E-state index in [4.69, 9.17) is 25.4 Å². The fourth-order valence-corrected chi connectivity index (χ4v) is 8.40. The molecule has 6 nitrogen and oxygen atoms in total. The SMILES string of the molecule is CCN(CC)CCOc1ccc(/C(=C(/Cl)c2cccc(-c3ccc4ccc5c(c4c3)-c3c(ccc4ccccc34)OP(=O)(O)O5)c2)c2ccccc2)cc1. The monoisotopic (exact) mass is 751 g/mol. The van der Waals surface area contributed by atoms with Crippen LogP contribution in [0.4, 0.5) is 0 Å². The minimum atomic E-state index is -4.44. The van der Waals surface area contributed by atoms with Gasteiger partial charge in [-0.1, -0.05) is 135 Å². The molecular weight excluding hydrogens is 713 g/mol. The molecule has 0 fully saturated rings. The summed E-state index contributed by atoms with van der Waals surface area (Å²) in [6.07, 6.45) is 0. The van der Waals surface area contributed by atoms with Crippen molar-refractivity contribution in [3.63, 3.8) is 0 Å². The molecule has 7 aromatic rings. The zero-order valence-corrected chi connectivity index (χ0v) is 31.7. The van der Waals surface area contributed by atoms with Crippen LogP contribution in [0.2, 0.25) is 0 Å². The standard InChI is InChI=1S/C46H39ClNO5P/c1-3-48(4-2)27-28-51-38-23-19-34(20-24-38)43(33-12-6-5-7-13-33)46(47)37-15-10-14-35(29-37)36-18-17-32-22-26-42-45(40(32)30-36)44-39-16-9-8-11-31(39)21-25-41(44)52-54(49,50)53-42/h5-26,29-30H,3-4,27-28H2,1-2H3,(H,49,50)/b46-43+. The van der Waals surface area contributed by atoms with Crippen molar-refractivity contribution in [3.8, 4) is 39.5 Å². The first kappa shape index (κ1) is 35.7. The maximum atomic E-state index is 13.1. The number of nitrogens with zero attached hydrogens (tertiary/aromatic N) is 1. The largest absolute Gasteiger partial charge is 0.584 e. The molecule has 7 aromatic carbocycles. The quantitative estimate of drug-likeness (QED) is 0.111. The van der Waals surface area contributed by atoms with Crippen LogP contribution >= 0.6 is 19.4 Å². The van der Waals surface area contributed by atoms with E-state index in [9.17, 15) is 9.46 Å².